The first-order valence-electron chi connectivity index (χ1n) is 14.5. The molecule has 0 spiro atoms. The molecule has 0 saturated carbocycles. The Morgan fingerprint density at radius 3 is 2.12 bits per heavy atom. The Balaban J connectivity index is 1.43. The summed E-state index contributed by atoms with van der Waals surface area (Å²) in [4.78, 5) is 15.1. The van der Waals surface area contributed by atoms with E-state index in [9.17, 15) is 0 Å². The minimum absolute atomic E-state index is 0.850. The quantitative estimate of drug-likeness (QED) is 0.206. The zero-order valence-corrected chi connectivity index (χ0v) is 23.4. The minimum Gasteiger partial charge on any atom is -0.309 e. The molecule has 5 heteroatoms. The molecule has 0 N–H and O–H groups in total. The standard InChI is InChI=1S/C38H25N5/c1-24-11-5-6-14-27(24)36-34(41-38-30-17-9-21-39-35(30)29-16-10-22-40-37(29)43(36)38)25-19-20-33-31(23-25)28-15-7-8-18-32(28)42(33)26-12-3-2-4-13-26/h2-23H,1H3. The van der Waals surface area contributed by atoms with Gasteiger partial charge in [-0.25, -0.2) is 9.97 Å². The second-order valence-electron chi connectivity index (χ2n) is 11.0. The highest BCUT2D eigenvalue weighted by Crippen LogP contribution is 2.41. The number of imidazole rings is 1. The maximum atomic E-state index is 5.41. The molecule has 0 aliphatic rings. The van der Waals surface area contributed by atoms with E-state index in [-0.39, 0.29) is 0 Å². The molecule has 0 bridgehead atoms. The minimum atomic E-state index is 0.850. The van der Waals surface area contributed by atoms with Gasteiger partial charge in [-0.3, -0.25) is 9.38 Å². The molecule has 202 valence electrons. The number of pyridine rings is 3. The predicted octanol–water partition coefficient (Wildman–Crippen LogP) is 9.17. The molecule has 0 amide bonds. The predicted molar refractivity (Wildman–Crippen MR) is 176 cm³/mol. The average molecular weight is 552 g/mol. The van der Waals surface area contributed by atoms with Crippen molar-refractivity contribution in [2.45, 2.75) is 6.92 Å². The first kappa shape index (κ1) is 23.9. The lowest BCUT2D eigenvalue weighted by molar-refractivity contribution is 1.18. The van der Waals surface area contributed by atoms with E-state index in [2.05, 4.69) is 125 Å². The molecule has 9 rings (SSSR count). The number of hydrogen-bond acceptors (Lipinski definition) is 3. The summed E-state index contributed by atoms with van der Waals surface area (Å²) >= 11 is 0. The Morgan fingerprint density at radius 1 is 0.558 bits per heavy atom. The lowest BCUT2D eigenvalue weighted by Gasteiger charge is -2.12. The molecule has 43 heavy (non-hydrogen) atoms. The van der Waals surface area contributed by atoms with Gasteiger partial charge in [-0.05, 0) is 67.1 Å². The van der Waals surface area contributed by atoms with E-state index in [1.165, 1.54) is 27.4 Å². The van der Waals surface area contributed by atoms with E-state index in [0.717, 1.165) is 55.8 Å². The van der Waals surface area contributed by atoms with Crippen LogP contribution in [0.3, 0.4) is 0 Å². The lowest BCUT2D eigenvalue weighted by Crippen LogP contribution is -1.98. The highest BCUT2D eigenvalue weighted by Gasteiger charge is 2.23. The van der Waals surface area contributed by atoms with Crippen LogP contribution in [0.1, 0.15) is 5.56 Å². The summed E-state index contributed by atoms with van der Waals surface area (Å²) in [6, 6.07) is 42.6. The molecule has 5 aromatic heterocycles. The lowest BCUT2D eigenvalue weighted by atomic mass is 9.99. The topological polar surface area (TPSA) is 48.0 Å². The van der Waals surface area contributed by atoms with Crippen molar-refractivity contribution in [1.29, 1.82) is 0 Å². The summed E-state index contributed by atoms with van der Waals surface area (Å²) in [7, 11) is 0. The second kappa shape index (κ2) is 9.10. The molecule has 5 heterocycles. The number of rotatable bonds is 3. The number of hydrogen-bond donors (Lipinski definition) is 0. The number of fused-ring (bicyclic) bond motifs is 9. The molecule has 0 radical (unpaired) electrons. The molecule has 4 aromatic carbocycles. The Hall–Kier alpha value is -5.81. The first-order chi connectivity index (χ1) is 21.3. The van der Waals surface area contributed by atoms with E-state index in [4.69, 9.17) is 15.0 Å². The van der Waals surface area contributed by atoms with E-state index in [0.29, 0.717) is 0 Å². The first-order valence-corrected chi connectivity index (χ1v) is 14.5. The van der Waals surface area contributed by atoms with E-state index >= 15 is 0 Å². The molecule has 5 nitrogen and oxygen atoms in total. The molecule has 0 unspecified atom stereocenters. The van der Waals surface area contributed by atoms with Crippen LogP contribution in [0.25, 0.3) is 77.6 Å². The zero-order valence-electron chi connectivity index (χ0n) is 23.4. The molecular formula is C38H25N5. The van der Waals surface area contributed by atoms with Crippen molar-refractivity contribution in [1.82, 2.24) is 23.9 Å². The highest BCUT2D eigenvalue weighted by atomic mass is 15.1. The van der Waals surface area contributed by atoms with Crippen molar-refractivity contribution in [3.63, 3.8) is 0 Å². The van der Waals surface area contributed by atoms with Crippen LogP contribution < -0.4 is 0 Å². The van der Waals surface area contributed by atoms with Gasteiger partial charge >= 0.3 is 0 Å². The Labute approximate surface area is 247 Å². The number of benzene rings is 4. The van der Waals surface area contributed by atoms with Gasteiger partial charge in [0.25, 0.3) is 0 Å². The van der Waals surface area contributed by atoms with Gasteiger partial charge < -0.3 is 4.57 Å². The van der Waals surface area contributed by atoms with Crippen molar-refractivity contribution in [3.05, 3.63) is 139 Å². The third kappa shape index (κ3) is 3.42. The van der Waals surface area contributed by atoms with Crippen LogP contribution in [0.4, 0.5) is 0 Å². The van der Waals surface area contributed by atoms with E-state index < -0.39 is 0 Å². The monoisotopic (exact) mass is 551 g/mol. The van der Waals surface area contributed by atoms with Gasteiger partial charge in [-0.1, -0.05) is 66.7 Å². The smallest absolute Gasteiger partial charge is 0.149 e. The van der Waals surface area contributed by atoms with Crippen molar-refractivity contribution in [2.24, 2.45) is 0 Å². The molecule has 9 aromatic rings. The van der Waals surface area contributed by atoms with Gasteiger partial charge in [0.05, 0.1) is 27.9 Å². The van der Waals surface area contributed by atoms with Gasteiger partial charge in [-0.15, -0.1) is 0 Å². The molecular weight excluding hydrogens is 526 g/mol. The van der Waals surface area contributed by atoms with E-state index in [1.807, 2.05) is 24.5 Å². The second-order valence-corrected chi connectivity index (χ2v) is 11.0. The van der Waals surface area contributed by atoms with Crippen LogP contribution in [-0.2, 0) is 0 Å². The fourth-order valence-electron chi connectivity index (χ4n) is 6.63. The van der Waals surface area contributed by atoms with Crippen LogP contribution in [0.2, 0.25) is 0 Å². The number of aryl methyl sites for hydroxylation is 1. The van der Waals surface area contributed by atoms with Crippen LogP contribution in [0.15, 0.2) is 134 Å². The Bertz CT molecular complexity index is 2520. The maximum Gasteiger partial charge on any atom is 0.149 e. The fourth-order valence-corrected chi connectivity index (χ4v) is 6.63. The van der Waals surface area contributed by atoms with Gasteiger partial charge in [0, 0.05) is 50.8 Å². The summed E-state index contributed by atoms with van der Waals surface area (Å²) in [6.07, 6.45) is 3.69. The third-order valence-electron chi connectivity index (χ3n) is 8.54. The normalized spacial score (nSPS) is 11.8. The van der Waals surface area contributed by atoms with Gasteiger partial charge in [0.15, 0.2) is 0 Å². The molecule has 0 aliphatic carbocycles. The van der Waals surface area contributed by atoms with Crippen molar-refractivity contribution in [2.75, 3.05) is 0 Å². The number of nitrogens with zero attached hydrogens (tertiary/aromatic N) is 5. The average Bonchev–Trinajstić information content (AvgIpc) is 3.62. The summed E-state index contributed by atoms with van der Waals surface area (Å²) in [5.74, 6) is 0. The van der Waals surface area contributed by atoms with Gasteiger partial charge in [-0.2, -0.15) is 0 Å². The van der Waals surface area contributed by atoms with Crippen molar-refractivity contribution in [3.8, 4) is 28.2 Å². The molecule has 0 atom stereocenters. The molecule has 0 aliphatic heterocycles. The van der Waals surface area contributed by atoms with Gasteiger partial charge in [0.2, 0.25) is 0 Å². The summed E-state index contributed by atoms with van der Waals surface area (Å²) in [5, 5.41) is 4.42. The van der Waals surface area contributed by atoms with Gasteiger partial charge in [0.1, 0.15) is 11.3 Å². The third-order valence-corrected chi connectivity index (χ3v) is 8.54. The summed E-state index contributed by atoms with van der Waals surface area (Å²) in [6.45, 7) is 2.16. The van der Waals surface area contributed by atoms with Crippen molar-refractivity contribution < 1.29 is 0 Å². The van der Waals surface area contributed by atoms with E-state index in [1.54, 1.807) is 0 Å². The SMILES string of the molecule is Cc1ccccc1-c1c(-c2ccc3c(c2)c2ccccc2n3-c2ccccc2)nc2c3cccnc3c3cccnc3n12. The van der Waals surface area contributed by atoms with Crippen LogP contribution in [0.5, 0.6) is 0 Å². The zero-order chi connectivity index (χ0) is 28.5. The largest absolute Gasteiger partial charge is 0.309 e. The number of para-hydroxylation sites is 2. The maximum absolute atomic E-state index is 5.41. The van der Waals surface area contributed by atoms with Crippen LogP contribution in [-0.4, -0.2) is 23.9 Å². The Kier molecular flexibility index (Phi) is 5.05. The van der Waals surface area contributed by atoms with Crippen LogP contribution in [0, 0.1) is 6.92 Å². The highest BCUT2D eigenvalue weighted by molar-refractivity contribution is 6.12. The summed E-state index contributed by atoms with van der Waals surface area (Å²) in [5.41, 5.74) is 11.4. The number of aromatic nitrogens is 5. The molecule has 0 fully saturated rings. The summed E-state index contributed by atoms with van der Waals surface area (Å²) < 4.78 is 4.57. The van der Waals surface area contributed by atoms with Crippen LogP contribution >= 0.6 is 0 Å². The van der Waals surface area contributed by atoms with Crippen molar-refractivity contribution >= 4 is 49.4 Å². The Morgan fingerprint density at radius 2 is 1.26 bits per heavy atom. The molecule has 0 saturated heterocycles. The fraction of sp³-hybridized carbons (Fsp3) is 0.0263.